The van der Waals surface area contributed by atoms with E-state index in [0.29, 0.717) is 11.0 Å². The van der Waals surface area contributed by atoms with Crippen molar-refractivity contribution < 1.29 is 14.5 Å². The molecule has 0 saturated heterocycles. The second kappa shape index (κ2) is 2.90. The minimum absolute atomic E-state index is 0.408. The predicted octanol–water partition coefficient (Wildman–Crippen LogP) is 0.421. The number of rotatable bonds is 1. The fourth-order valence-corrected chi connectivity index (χ4v) is 1.41. The van der Waals surface area contributed by atoms with E-state index in [1.165, 1.54) is 0 Å². The van der Waals surface area contributed by atoms with Crippen LogP contribution in [0.15, 0.2) is 28.9 Å². The lowest BCUT2D eigenvalue weighted by Gasteiger charge is -1.99. The smallest absolute Gasteiger partial charge is 0.464 e. The Morgan fingerprint density at radius 3 is 2.77 bits per heavy atom. The number of aryl methyl sites for hydroxylation is 1. The maximum absolute atomic E-state index is 9.03. The first-order valence-corrected chi connectivity index (χ1v) is 4.03. The average molecular weight is 176 g/mol. The molecule has 1 heterocycles. The molecule has 66 valence electrons. The molecule has 1 aromatic carbocycles. The van der Waals surface area contributed by atoms with E-state index in [2.05, 4.69) is 0 Å². The summed E-state index contributed by atoms with van der Waals surface area (Å²) in [6.45, 7) is 1.92. The number of furan rings is 1. The Bertz CT molecular complexity index is 433. The number of hydrogen-bond donors (Lipinski definition) is 2. The van der Waals surface area contributed by atoms with Gasteiger partial charge in [-0.15, -0.1) is 0 Å². The van der Waals surface area contributed by atoms with E-state index in [1.54, 1.807) is 18.4 Å². The fraction of sp³-hybridized carbons (Fsp3) is 0.111. The van der Waals surface area contributed by atoms with Gasteiger partial charge in [0.25, 0.3) is 0 Å². The van der Waals surface area contributed by atoms with Crippen molar-refractivity contribution in [2.45, 2.75) is 6.92 Å². The topological polar surface area (TPSA) is 53.6 Å². The van der Waals surface area contributed by atoms with Gasteiger partial charge in [-0.05, 0) is 12.5 Å². The maximum Gasteiger partial charge on any atom is 0.492 e. The van der Waals surface area contributed by atoms with Crippen molar-refractivity contribution in [3.8, 4) is 0 Å². The molecule has 4 heteroatoms. The lowest BCUT2D eigenvalue weighted by atomic mass is 9.79. The third-order valence-corrected chi connectivity index (χ3v) is 2.10. The molecule has 3 nitrogen and oxygen atoms in total. The van der Waals surface area contributed by atoms with E-state index >= 15 is 0 Å². The molecule has 0 bridgehead atoms. The van der Waals surface area contributed by atoms with Crippen LogP contribution in [0.4, 0.5) is 0 Å². The Hall–Kier alpha value is -1.26. The number of hydrogen-bond acceptors (Lipinski definition) is 3. The van der Waals surface area contributed by atoms with Crippen LogP contribution in [-0.4, -0.2) is 17.2 Å². The van der Waals surface area contributed by atoms with Gasteiger partial charge in [0.1, 0.15) is 5.58 Å². The molecule has 2 aromatic rings. The van der Waals surface area contributed by atoms with Crippen LogP contribution < -0.4 is 5.46 Å². The zero-order valence-electron chi connectivity index (χ0n) is 7.19. The molecule has 0 spiro atoms. The molecular formula is C9H9BO3. The summed E-state index contributed by atoms with van der Waals surface area (Å²) in [4.78, 5) is 0. The number of para-hydroxylation sites is 1. The molecule has 0 aliphatic heterocycles. The van der Waals surface area contributed by atoms with E-state index in [1.807, 2.05) is 13.0 Å². The summed E-state index contributed by atoms with van der Waals surface area (Å²) in [7, 11) is -1.48. The molecule has 0 atom stereocenters. The standard InChI is InChI=1S/C9H9BO3/c1-6-5-13-9-7(6)3-2-4-8(9)10(11)12/h2-5,11-12H,1H3. The molecular weight excluding hydrogens is 167 g/mol. The Morgan fingerprint density at radius 2 is 2.08 bits per heavy atom. The lowest BCUT2D eigenvalue weighted by Crippen LogP contribution is -2.29. The van der Waals surface area contributed by atoms with Gasteiger partial charge in [0.15, 0.2) is 0 Å². The van der Waals surface area contributed by atoms with Gasteiger partial charge in [0, 0.05) is 10.8 Å². The van der Waals surface area contributed by atoms with Crippen LogP contribution in [-0.2, 0) is 0 Å². The highest BCUT2D eigenvalue weighted by Gasteiger charge is 2.17. The van der Waals surface area contributed by atoms with Gasteiger partial charge in [0.05, 0.1) is 6.26 Å². The fourth-order valence-electron chi connectivity index (χ4n) is 1.41. The van der Waals surface area contributed by atoms with E-state index in [-0.39, 0.29) is 0 Å². The summed E-state index contributed by atoms with van der Waals surface area (Å²) in [5, 5.41) is 19.0. The van der Waals surface area contributed by atoms with E-state index in [9.17, 15) is 0 Å². The van der Waals surface area contributed by atoms with Crippen molar-refractivity contribution in [2.75, 3.05) is 0 Å². The van der Waals surface area contributed by atoms with Crippen LogP contribution in [0.3, 0.4) is 0 Å². The van der Waals surface area contributed by atoms with Crippen molar-refractivity contribution in [3.05, 3.63) is 30.0 Å². The summed E-state index contributed by atoms with van der Waals surface area (Å²) in [6.07, 6.45) is 1.61. The van der Waals surface area contributed by atoms with Crippen molar-refractivity contribution >= 4 is 23.6 Å². The second-order valence-corrected chi connectivity index (χ2v) is 3.02. The van der Waals surface area contributed by atoms with Crippen LogP contribution in [0.2, 0.25) is 0 Å². The zero-order chi connectivity index (χ0) is 9.42. The largest absolute Gasteiger partial charge is 0.492 e. The Balaban J connectivity index is 2.77. The van der Waals surface area contributed by atoms with Crippen LogP contribution in [0, 0.1) is 6.92 Å². The zero-order valence-corrected chi connectivity index (χ0v) is 7.19. The predicted molar refractivity (Wildman–Crippen MR) is 50.8 cm³/mol. The highest BCUT2D eigenvalue weighted by molar-refractivity contribution is 6.61. The molecule has 0 aliphatic carbocycles. The van der Waals surface area contributed by atoms with E-state index in [0.717, 1.165) is 10.9 Å². The van der Waals surface area contributed by atoms with Crippen molar-refractivity contribution in [1.82, 2.24) is 0 Å². The minimum Gasteiger partial charge on any atom is -0.464 e. The average Bonchev–Trinajstić information content (AvgIpc) is 2.48. The van der Waals surface area contributed by atoms with Gasteiger partial charge in [-0.2, -0.15) is 0 Å². The van der Waals surface area contributed by atoms with Crippen LogP contribution >= 0.6 is 0 Å². The molecule has 1 aromatic heterocycles. The summed E-state index contributed by atoms with van der Waals surface area (Å²) < 4.78 is 5.22. The first-order chi connectivity index (χ1) is 6.20. The summed E-state index contributed by atoms with van der Waals surface area (Å²) in [5.41, 5.74) is 1.96. The summed E-state index contributed by atoms with van der Waals surface area (Å²) >= 11 is 0. The molecule has 0 saturated carbocycles. The first kappa shape index (κ1) is 8.35. The van der Waals surface area contributed by atoms with E-state index < -0.39 is 7.12 Å². The van der Waals surface area contributed by atoms with Gasteiger partial charge >= 0.3 is 7.12 Å². The molecule has 0 fully saturated rings. The maximum atomic E-state index is 9.03. The van der Waals surface area contributed by atoms with Crippen LogP contribution in [0.1, 0.15) is 5.56 Å². The van der Waals surface area contributed by atoms with Gasteiger partial charge in [0.2, 0.25) is 0 Å². The van der Waals surface area contributed by atoms with Gasteiger partial charge in [-0.25, -0.2) is 0 Å². The molecule has 0 radical (unpaired) electrons. The van der Waals surface area contributed by atoms with Gasteiger partial charge in [-0.3, -0.25) is 0 Å². The van der Waals surface area contributed by atoms with Gasteiger partial charge < -0.3 is 14.5 Å². The summed E-state index contributed by atoms with van der Waals surface area (Å²) in [5.74, 6) is 0. The highest BCUT2D eigenvalue weighted by Crippen LogP contribution is 2.18. The van der Waals surface area contributed by atoms with Crippen LogP contribution in [0.5, 0.6) is 0 Å². The second-order valence-electron chi connectivity index (χ2n) is 3.02. The quantitative estimate of drug-likeness (QED) is 0.619. The Morgan fingerprint density at radius 1 is 1.31 bits per heavy atom. The van der Waals surface area contributed by atoms with Crippen LogP contribution in [0.25, 0.3) is 11.0 Å². The van der Waals surface area contributed by atoms with Crippen molar-refractivity contribution in [2.24, 2.45) is 0 Å². The molecule has 0 unspecified atom stereocenters. The minimum atomic E-state index is -1.48. The SMILES string of the molecule is Cc1coc2c(B(O)O)cccc12. The van der Waals surface area contributed by atoms with Crippen molar-refractivity contribution in [3.63, 3.8) is 0 Å². The Kier molecular flexibility index (Phi) is 1.86. The monoisotopic (exact) mass is 176 g/mol. The lowest BCUT2D eigenvalue weighted by molar-refractivity contribution is 0.425. The summed E-state index contributed by atoms with van der Waals surface area (Å²) in [6, 6.07) is 5.30. The molecule has 0 amide bonds. The van der Waals surface area contributed by atoms with Crippen molar-refractivity contribution in [1.29, 1.82) is 0 Å². The first-order valence-electron chi connectivity index (χ1n) is 4.03. The molecule has 0 aliphatic rings. The Labute approximate surface area is 75.8 Å². The third-order valence-electron chi connectivity index (χ3n) is 2.10. The number of benzene rings is 1. The van der Waals surface area contributed by atoms with Gasteiger partial charge in [-0.1, -0.05) is 18.2 Å². The molecule has 2 rings (SSSR count). The molecule has 2 N–H and O–H groups in total. The van der Waals surface area contributed by atoms with E-state index in [4.69, 9.17) is 14.5 Å². The third kappa shape index (κ3) is 1.24. The highest BCUT2D eigenvalue weighted by atomic mass is 16.4. The molecule has 13 heavy (non-hydrogen) atoms. The number of fused-ring (bicyclic) bond motifs is 1. The normalized spacial score (nSPS) is 10.7.